The molecular formula is C12H13BrN2O. The third-order valence-electron chi connectivity index (χ3n) is 2.52. The van der Waals surface area contributed by atoms with E-state index in [4.69, 9.17) is 10.3 Å². The van der Waals surface area contributed by atoms with Gasteiger partial charge in [0.15, 0.2) is 0 Å². The van der Waals surface area contributed by atoms with Crippen LogP contribution in [-0.4, -0.2) is 0 Å². The molecule has 0 aliphatic rings. The minimum absolute atomic E-state index is 0.119. The molecule has 84 valence electrons. The second-order valence-corrected chi connectivity index (χ2v) is 4.48. The monoisotopic (exact) mass is 280 g/mol. The molecule has 3 N–H and O–H groups in total. The Balaban J connectivity index is 2.37. The summed E-state index contributed by atoms with van der Waals surface area (Å²) >= 11 is 3.51. The number of hydrogen-bond acceptors (Lipinski definition) is 3. The zero-order valence-corrected chi connectivity index (χ0v) is 10.5. The summed E-state index contributed by atoms with van der Waals surface area (Å²) in [5.41, 5.74) is 5.01. The quantitative estimate of drug-likeness (QED) is 0.672. The molecule has 0 fully saturated rings. The molecule has 3 nitrogen and oxygen atoms in total. The highest BCUT2D eigenvalue weighted by Crippen LogP contribution is 2.26. The Labute approximate surface area is 103 Å². The average molecular weight is 281 g/mol. The van der Waals surface area contributed by atoms with Gasteiger partial charge in [0.1, 0.15) is 11.8 Å². The van der Waals surface area contributed by atoms with Gasteiger partial charge in [-0.1, -0.05) is 28.1 Å². The van der Waals surface area contributed by atoms with Crippen LogP contribution in [0.1, 0.15) is 22.9 Å². The van der Waals surface area contributed by atoms with Crippen molar-refractivity contribution >= 4 is 15.9 Å². The Morgan fingerprint density at radius 1 is 1.38 bits per heavy atom. The molecular weight excluding hydrogens is 268 g/mol. The standard InChI is InChI=1S/C12H13BrN2O/c1-8-4-5-9(7-10(8)13)12(15-14)11-3-2-6-16-11/h2-7,12,15H,14H2,1H3. The largest absolute Gasteiger partial charge is 0.467 e. The van der Waals surface area contributed by atoms with E-state index in [0.717, 1.165) is 15.8 Å². The van der Waals surface area contributed by atoms with E-state index in [-0.39, 0.29) is 6.04 Å². The molecule has 0 saturated heterocycles. The van der Waals surface area contributed by atoms with E-state index in [0.29, 0.717) is 0 Å². The maximum atomic E-state index is 5.56. The Kier molecular flexibility index (Phi) is 3.43. The first-order chi connectivity index (χ1) is 7.72. The topological polar surface area (TPSA) is 51.2 Å². The van der Waals surface area contributed by atoms with E-state index >= 15 is 0 Å². The van der Waals surface area contributed by atoms with Crippen molar-refractivity contribution in [2.24, 2.45) is 5.84 Å². The van der Waals surface area contributed by atoms with Crippen LogP contribution in [0.2, 0.25) is 0 Å². The molecule has 0 saturated carbocycles. The molecule has 1 atom stereocenters. The smallest absolute Gasteiger partial charge is 0.126 e. The molecule has 1 heterocycles. The number of aryl methyl sites for hydroxylation is 1. The van der Waals surface area contributed by atoms with Gasteiger partial charge in [-0.05, 0) is 36.2 Å². The summed E-state index contributed by atoms with van der Waals surface area (Å²) < 4.78 is 6.42. The lowest BCUT2D eigenvalue weighted by Crippen LogP contribution is -2.28. The predicted octanol–water partition coefficient (Wildman–Crippen LogP) is 2.90. The lowest BCUT2D eigenvalue weighted by Gasteiger charge is -2.14. The Bertz CT molecular complexity index is 468. The van der Waals surface area contributed by atoms with Crippen LogP contribution in [0.5, 0.6) is 0 Å². The summed E-state index contributed by atoms with van der Waals surface area (Å²) in [5, 5.41) is 0. The molecule has 0 spiro atoms. The molecule has 1 aromatic heterocycles. The summed E-state index contributed by atoms with van der Waals surface area (Å²) in [6.07, 6.45) is 1.64. The second kappa shape index (κ2) is 4.82. The number of furan rings is 1. The van der Waals surface area contributed by atoms with Crippen LogP contribution in [0.4, 0.5) is 0 Å². The SMILES string of the molecule is Cc1ccc(C(NN)c2ccco2)cc1Br. The fraction of sp³-hybridized carbons (Fsp3) is 0.167. The maximum Gasteiger partial charge on any atom is 0.126 e. The molecule has 4 heteroatoms. The van der Waals surface area contributed by atoms with Gasteiger partial charge in [0.05, 0.1) is 6.26 Å². The molecule has 0 aliphatic heterocycles. The molecule has 1 aromatic carbocycles. The van der Waals surface area contributed by atoms with Gasteiger partial charge in [0.25, 0.3) is 0 Å². The number of nitrogens with one attached hydrogen (secondary N) is 1. The molecule has 0 bridgehead atoms. The fourth-order valence-electron chi connectivity index (χ4n) is 1.59. The first-order valence-corrected chi connectivity index (χ1v) is 5.77. The van der Waals surface area contributed by atoms with Crippen LogP contribution in [0.3, 0.4) is 0 Å². The third-order valence-corrected chi connectivity index (χ3v) is 3.38. The predicted molar refractivity (Wildman–Crippen MR) is 66.8 cm³/mol. The maximum absolute atomic E-state index is 5.56. The average Bonchev–Trinajstić information content (AvgIpc) is 2.78. The first kappa shape index (κ1) is 11.4. The fourth-order valence-corrected chi connectivity index (χ4v) is 1.98. The molecule has 0 amide bonds. The van der Waals surface area contributed by atoms with Crippen LogP contribution in [0.25, 0.3) is 0 Å². The number of hydrazine groups is 1. The highest BCUT2D eigenvalue weighted by atomic mass is 79.9. The van der Waals surface area contributed by atoms with Crippen LogP contribution in [0, 0.1) is 6.92 Å². The normalized spacial score (nSPS) is 12.7. The van der Waals surface area contributed by atoms with Crippen molar-refractivity contribution in [1.82, 2.24) is 5.43 Å². The van der Waals surface area contributed by atoms with Crippen molar-refractivity contribution in [2.45, 2.75) is 13.0 Å². The zero-order valence-electron chi connectivity index (χ0n) is 8.91. The Hall–Kier alpha value is -1.10. The van der Waals surface area contributed by atoms with Gasteiger partial charge in [0.2, 0.25) is 0 Å². The first-order valence-electron chi connectivity index (χ1n) is 4.98. The van der Waals surface area contributed by atoms with Gasteiger partial charge < -0.3 is 4.42 Å². The minimum atomic E-state index is -0.119. The van der Waals surface area contributed by atoms with Gasteiger partial charge >= 0.3 is 0 Å². The van der Waals surface area contributed by atoms with Gasteiger partial charge in [-0.25, -0.2) is 5.43 Å². The van der Waals surface area contributed by atoms with Crippen molar-refractivity contribution < 1.29 is 4.42 Å². The highest BCUT2D eigenvalue weighted by Gasteiger charge is 2.15. The Morgan fingerprint density at radius 2 is 2.19 bits per heavy atom. The van der Waals surface area contributed by atoms with Crippen molar-refractivity contribution in [1.29, 1.82) is 0 Å². The van der Waals surface area contributed by atoms with Gasteiger partial charge in [-0.3, -0.25) is 5.84 Å². The summed E-state index contributed by atoms with van der Waals surface area (Å²) in [6.45, 7) is 2.05. The summed E-state index contributed by atoms with van der Waals surface area (Å²) in [5.74, 6) is 6.36. The van der Waals surface area contributed by atoms with Crippen molar-refractivity contribution in [3.63, 3.8) is 0 Å². The number of hydrogen-bond donors (Lipinski definition) is 2. The third kappa shape index (κ3) is 2.19. The molecule has 0 aliphatic carbocycles. The molecule has 0 radical (unpaired) electrons. The van der Waals surface area contributed by atoms with Crippen LogP contribution in [0.15, 0.2) is 45.5 Å². The van der Waals surface area contributed by atoms with Gasteiger partial charge in [0, 0.05) is 4.47 Å². The molecule has 16 heavy (non-hydrogen) atoms. The van der Waals surface area contributed by atoms with E-state index in [1.807, 2.05) is 37.3 Å². The Morgan fingerprint density at radius 3 is 2.75 bits per heavy atom. The summed E-state index contributed by atoms with van der Waals surface area (Å²) in [4.78, 5) is 0. The molecule has 1 unspecified atom stereocenters. The van der Waals surface area contributed by atoms with Crippen molar-refractivity contribution in [3.05, 3.63) is 58.0 Å². The number of rotatable bonds is 3. The molecule has 2 aromatic rings. The van der Waals surface area contributed by atoms with Crippen LogP contribution in [-0.2, 0) is 0 Å². The number of nitrogens with two attached hydrogens (primary N) is 1. The second-order valence-electron chi connectivity index (χ2n) is 3.62. The highest BCUT2D eigenvalue weighted by molar-refractivity contribution is 9.10. The minimum Gasteiger partial charge on any atom is -0.467 e. The van der Waals surface area contributed by atoms with Crippen LogP contribution >= 0.6 is 15.9 Å². The number of benzene rings is 1. The van der Waals surface area contributed by atoms with Crippen molar-refractivity contribution in [3.8, 4) is 0 Å². The lowest BCUT2D eigenvalue weighted by atomic mass is 10.0. The van der Waals surface area contributed by atoms with Crippen LogP contribution < -0.4 is 11.3 Å². The summed E-state index contributed by atoms with van der Waals surface area (Å²) in [7, 11) is 0. The van der Waals surface area contributed by atoms with E-state index in [1.165, 1.54) is 5.56 Å². The van der Waals surface area contributed by atoms with E-state index < -0.39 is 0 Å². The van der Waals surface area contributed by atoms with Gasteiger partial charge in [-0.15, -0.1) is 0 Å². The van der Waals surface area contributed by atoms with E-state index in [2.05, 4.69) is 21.4 Å². The summed E-state index contributed by atoms with van der Waals surface area (Å²) in [6, 6.07) is 9.76. The number of halogens is 1. The zero-order chi connectivity index (χ0) is 11.5. The lowest BCUT2D eigenvalue weighted by molar-refractivity contribution is 0.452. The molecule has 2 rings (SSSR count). The van der Waals surface area contributed by atoms with Gasteiger partial charge in [-0.2, -0.15) is 0 Å². The van der Waals surface area contributed by atoms with E-state index in [1.54, 1.807) is 6.26 Å². The van der Waals surface area contributed by atoms with Crippen molar-refractivity contribution in [2.75, 3.05) is 0 Å². The van der Waals surface area contributed by atoms with E-state index in [9.17, 15) is 0 Å².